The van der Waals surface area contributed by atoms with Crippen molar-refractivity contribution in [3.63, 3.8) is 0 Å². The molecule has 0 atom stereocenters. The molecule has 4 nitrogen and oxygen atoms in total. The minimum Gasteiger partial charge on any atom is -0.383 e. The van der Waals surface area contributed by atoms with Gasteiger partial charge >= 0.3 is 0 Å². The van der Waals surface area contributed by atoms with Crippen LogP contribution in [0, 0.1) is 0 Å². The minimum absolute atomic E-state index is 0.285. The van der Waals surface area contributed by atoms with Crippen molar-refractivity contribution in [3.8, 4) is 0 Å². The summed E-state index contributed by atoms with van der Waals surface area (Å²) >= 11 is 0. The van der Waals surface area contributed by atoms with Gasteiger partial charge in [0.15, 0.2) is 0 Å². The molecule has 0 saturated carbocycles. The van der Waals surface area contributed by atoms with Crippen LogP contribution < -0.4 is 10.6 Å². The summed E-state index contributed by atoms with van der Waals surface area (Å²) in [5.41, 5.74) is 8.03. The Morgan fingerprint density at radius 3 is 2.39 bits per heavy atom. The highest BCUT2D eigenvalue weighted by molar-refractivity contribution is 5.66. The number of hydrogen-bond donors (Lipinski definition) is 1. The molecule has 0 saturated heterocycles. The average Bonchev–Trinajstić information content (AvgIpc) is 2.38. The number of benzene rings is 1. The van der Waals surface area contributed by atoms with Gasteiger partial charge in [0.05, 0.1) is 0 Å². The van der Waals surface area contributed by atoms with Gasteiger partial charge in [-0.3, -0.25) is 0 Å². The lowest BCUT2D eigenvalue weighted by Gasteiger charge is -2.23. The van der Waals surface area contributed by atoms with Crippen LogP contribution in [0.25, 0.3) is 0 Å². The second-order valence-corrected chi connectivity index (χ2v) is 4.55. The summed E-state index contributed by atoms with van der Waals surface area (Å²) < 4.78 is 0. The van der Waals surface area contributed by atoms with E-state index in [1.807, 2.05) is 42.3 Å². The van der Waals surface area contributed by atoms with Gasteiger partial charge in [0.25, 0.3) is 0 Å². The SMILES string of the molecule is CC(C)c1c(N)ncnc1N(C)c1ccccc1. The lowest BCUT2D eigenvalue weighted by molar-refractivity contribution is 0.844. The molecule has 1 aromatic heterocycles. The van der Waals surface area contributed by atoms with Gasteiger partial charge in [-0.05, 0) is 18.1 Å². The zero-order valence-corrected chi connectivity index (χ0v) is 11.0. The van der Waals surface area contributed by atoms with Gasteiger partial charge in [-0.15, -0.1) is 0 Å². The first kappa shape index (κ1) is 12.4. The fourth-order valence-electron chi connectivity index (χ4n) is 1.99. The van der Waals surface area contributed by atoms with Crippen LogP contribution in [0.1, 0.15) is 25.3 Å². The molecule has 2 N–H and O–H groups in total. The Morgan fingerprint density at radius 2 is 1.78 bits per heavy atom. The van der Waals surface area contributed by atoms with E-state index in [0.717, 1.165) is 17.1 Å². The van der Waals surface area contributed by atoms with Crippen LogP contribution in [0.3, 0.4) is 0 Å². The van der Waals surface area contributed by atoms with Crippen LogP contribution >= 0.6 is 0 Å². The lowest BCUT2D eigenvalue weighted by atomic mass is 10.0. The summed E-state index contributed by atoms with van der Waals surface area (Å²) in [5, 5.41) is 0. The fraction of sp³-hybridized carbons (Fsp3) is 0.286. The van der Waals surface area contributed by atoms with Gasteiger partial charge < -0.3 is 10.6 Å². The number of rotatable bonds is 3. The molecule has 0 aliphatic carbocycles. The van der Waals surface area contributed by atoms with Crippen LogP contribution in [-0.4, -0.2) is 17.0 Å². The standard InChI is InChI=1S/C14H18N4/c1-10(2)12-13(15)16-9-17-14(12)18(3)11-7-5-4-6-8-11/h4-10H,1-3H3,(H2,15,16,17). The van der Waals surface area contributed by atoms with Gasteiger partial charge in [-0.25, -0.2) is 9.97 Å². The minimum atomic E-state index is 0.285. The van der Waals surface area contributed by atoms with Crippen molar-refractivity contribution in [2.24, 2.45) is 0 Å². The van der Waals surface area contributed by atoms with Gasteiger partial charge in [0, 0.05) is 18.3 Å². The summed E-state index contributed by atoms with van der Waals surface area (Å²) in [6, 6.07) is 10.1. The summed E-state index contributed by atoms with van der Waals surface area (Å²) in [5.74, 6) is 1.70. The fourth-order valence-corrected chi connectivity index (χ4v) is 1.99. The monoisotopic (exact) mass is 242 g/mol. The zero-order chi connectivity index (χ0) is 13.1. The third kappa shape index (κ3) is 2.27. The van der Waals surface area contributed by atoms with E-state index in [2.05, 4.69) is 23.8 Å². The Morgan fingerprint density at radius 1 is 1.11 bits per heavy atom. The number of hydrogen-bond acceptors (Lipinski definition) is 4. The molecule has 94 valence electrons. The van der Waals surface area contributed by atoms with Gasteiger partial charge in [0.1, 0.15) is 18.0 Å². The number of para-hydroxylation sites is 1. The molecule has 1 aromatic carbocycles. The van der Waals surface area contributed by atoms with Crippen molar-refractivity contribution in [3.05, 3.63) is 42.2 Å². The van der Waals surface area contributed by atoms with Crippen LogP contribution in [0.4, 0.5) is 17.3 Å². The summed E-state index contributed by atoms with van der Waals surface area (Å²) in [6.07, 6.45) is 1.51. The van der Waals surface area contributed by atoms with E-state index in [1.54, 1.807) is 0 Å². The smallest absolute Gasteiger partial charge is 0.141 e. The third-order valence-corrected chi connectivity index (χ3v) is 2.93. The molecule has 0 aliphatic rings. The van der Waals surface area contributed by atoms with Crippen LogP contribution in [0.5, 0.6) is 0 Å². The first-order valence-electron chi connectivity index (χ1n) is 6.00. The molecule has 0 amide bonds. The van der Waals surface area contributed by atoms with Crippen molar-refractivity contribution >= 4 is 17.3 Å². The first-order chi connectivity index (χ1) is 8.61. The van der Waals surface area contributed by atoms with E-state index >= 15 is 0 Å². The highest BCUT2D eigenvalue weighted by Crippen LogP contribution is 2.32. The van der Waals surface area contributed by atoms with E-state index in [9.17, 15) is 0 Å². The zero-order valence-electron chi connectivity index (χ0n) is 11.0. The second kappa shape index (κ2) is 5.04. The Kier molecular flexibility index (Phi) is 3.46. The number of aromatic nitrogens is 2. The van der Waals surface area contributed by atoms with Crippen LogP contribution in [0.15, 0.2) is 36.7 Å². The molecule has 4 heteroatoms. The summed E-state index contributed by atoms with van der Waals surface area (Å²) in [4.78, 5) is 10.5. The van der Waals surface area contributed by atoms with Crippen molar-refractivity contribution in [2.45, 2.75) is 19.8 Å². The molecule has 18 heavy (non-hydrogen) atoms. The summed E-state index contributed by atoms with van der Waals surface area (Å²) in [7, 11) is 1.99. The van der Waals surface area contributed by atoms with Gasteiger partial charge in [-0.2, -0.15) is 0 Å². The third-order valence-electron chi connectivity index (χ3n) is 2.93. The molecule has 0 aliphatic heterocycles. The maximum atomic E-state index is 5.96. The van der Waals surface area contributed by atoms with E-state index in [0.29, 0.717) is 5.82 Å². The van der Waals surface area contributed by atoms with Gasteiger partial charge in [0.2, 0.25) is 0 Å². The Hall–Kier alpha value is -2.10. The van der Waals surface area contributed by atoms with Crippen LogP contribution in [-0.2, 0) is 0 Å². The highest BCUT2D eigenvalue weighted by Gasteiger charge is 2.16. The number of nitrogen functional groups attached to an aromatic ring is 1. The van der Waals surface area contributed by atoms with Crippen molar-refractivity contribution in [1.82, 2.24) is 9.97 Å². The lowest BCUT2D eigenvalue weighted by Crippen LogP contribution is -2.16. The molecule has 0 unspecified atom stereocenters. The molecule has 0 radical (unpaired) electrons. The number of nitrogens with zero attached hydrogens (tertiary/aromatic N) is 3. The summed E-state index contributed by atoms with van der Waals surface area (Å²) in [6.45, 7) is 4.19. The molecular formula is C14H18N4. The average molecular weight is 242 g/mol. The quantitative estimate of drug-likeness (QED) is 0.899. The Balaban J connectivity index is 2.48. The molecule has 0 bridgehead atoms. The van der Waals surface area contributed by atoms with Crippen molar-refractivity contribution in [2.75, 3.05) is 17.7 Å². The second-order valence-electron chi connectivity index (χ2n) is 4.55. The maximum Gasteiger partial charge on any atom is 0.141 e. The predicted molar refractivity (Wildman–Crippen MR) is 75.0 cm³/mol. The Labute approximate surface area is 107 Å². The van der Waals surface area contributed by atoms with Crippen molar-refractivity contribution < 1.29 is 0 Å². The molecule has 1 heterocycles. The molecule has 0 spiro atoms. The number of anilines is 3. The molecule has 2 aromatic rings. The highest BCUT2D eigenvalue weighted by atomic mass is 15.2. The van der Waals surface area contributed by atoms with E-state index in [1.165, 1.54) is 6.33 Å². The molecule has 2 rings (SSSR count). The normalized spacial score (nSPS) is 10.7. The van der Waals surface area contributed by atoms with Gasteiger partial charge in [-0.1, -0.05) is 32.0 Å². The first-order valence-corrected chi connectivity index (χ1v) is 6.00. The van der Waals surface area contributed by atoms with E-state index in [4.69, 9.17) is 5.73 Å². The van der Waals surface area contributed by atoms with E-state index < -0.39 is 0 Å². The molecule has 0 fully saturated rings. The molecular weight excluding hydrogens is 224 g/mol. The topological polar surface area (TPSA) is 55.0 Å². The van der Waals surface area contributed by atoms with Crippen molar-refractivity contribution in [1.29, 1.82) is 0 Å². The van der Waals surface area contributed by atoms with E-state index in [-0.39, 0.29) is 5.92 Å². The largest absolute Gasteiger partial charge is 0.383 e. The number of nitrogens with two attached hydrogens (primary N) is 1. The maximum absolute atomic E-state index is 5.96. The van der Waals surface area contributed by atoms with Crippen LogP contribution in [0.2, 0.25) is 0 Å². The Bertz CT molecular complexity index is 523. The predicted octanol–water partition coefficient (Wildman–Crippen LogP) is 2.95.